The fourth-order valence-corrected chi connectivity index (χ4v) is 29.9. The second kappa shape index (κ2) is 36.2. The minimum atomic E-state index is -3.76. The number of carbonyl (C=O) groups excluding carboxylic acids is 3. The van der Waals surface area contributed by atoms with Crippen molar-refractivity contribution in [2.45, 2.75) is 212 Å². The average Bonchev–Trinajstić information content (AvgIpc) is 1.74. The number of nitrogens with zero attached hydrogens (tertiary/aromatic N) is 1. The van der Waals surface area contributed by atoms with Crippen LogP contribution < -0.4 is 15.4 Å². The molecule has 7 rings (SSSR count). The third-order valence-electron chi connectivity index (χ3n) is 15.5. The first kappa shape index (κ1) is 93.8. The molecule has 1 saturated heterocycles. The van der Waals surface area contributed by atoms with Gasteiger partial charge in [-0.1, -0.05) is 54.6 Å². The highest BCUT2D eigenvalue weighted by Gasteiger charge is 2.41. The Balaban J connectivity index is 0.000000593. The molecule has 1 atom stereocenters. The highest BCUT2D eigenvalue weighted by atomic mass is 35.7. The van der Waals surface area contributed by atoms with Gasteiger partial charge in [-0.25, -0.2) is 67.7 Å². The topological polar surface area (TPSA) is 393 Å². The summed E-state index contributed by atoms with van der Waals surface area (Å²) in [5.74, 6) is -1.38. The van der Waals surface area contributed by atoms with Crippen LogP contribution in [0.2, 0.25) is 36.3 Å². The van der Waals surface area contributed by atoms with Gasteiger partial charge in [-0.2, -0.15) is 0 Å². The molecule has 37 heteroatoms. The molecule has 564 valence electrons. The van der Waals surface area contributed by atoms with Crippen molar-refractivity contribution in [2.24, 2.45) is 19.4 Å². The molecule has 7 heterocycles. The van der Waals surface area contributed by atoms with Gasteiger partial charge in [-0.3, -0.25) is 4.03 Å². The molecule has 6 aromatic heterocycles. The van der Waals surface area contributed by atoms with Crippen molar-refractivity contribution in [3.05, 3.63) is 104 Å². The van der Waals surface area contributed by atoms with Gasteiger partial charge >= 0.3 is 17.9 Å². The van der Waals surface area contributed by atoms with Crippen LogP contribution in [0.15, 0.2) is 66.9 Å². The first-order valence-corrected chi connectivity index (χ1v) is 49.9. The predicted octanol–water partition coefficient (Wildman–Crippen LogP) is 13.9. The van der Waals surface area contributed by atoms with Crippen LogP contribution >= 0.6 is 78.7 Å². The van der Waals surface area contributed by atoms with Crippen molar-refractivity contribution < 1.29 is 86.5 Å². The summed E-state index contributed by atoms with van der Waals surface area (Å²) in [6.45, 7) is 43.8. The molecule has 6 aromatic rings. The smallest absolute Gasteiger partial charge is 0.339 e. The van der Waals surface area contributed by atoms with Crippen molar-refractivity contribution in [2.75, 3.05) is 39.9 Å². The van der Waals surface area contributed by atoms with Gasteiger partial charge in [0.2, 0.25) is 20.0 Å². The highest BCUT2D eigenvalue weighted by molar-refractivity contribution is 8.15. The van der Waals surface area contributed by atoms with Gasteiger partial charge in [0.15, 0.2) is 18.1 Å². The van der Waals surface area contributed by atoms with Gasteiger partial charge in [0.05, 0.1) is 62.9 Å². The van der Waals surface area contributed by atoms with E-state index in [1.54, 1.807) is 91.8 Å². The number of hydrogen-bond donors (Lipinski definition) is 6. The molecule has 9 N–H and O–H groups in total. The van der Waals surface area contributed by atoms with Gasteiger partial charge in [0, 0.05) is 58.5 Å². The number of aliphatic hydroxyl groups is 3. The van der Waals surface area contributed by atoms with E-state index in [1.165, 1.54) is 75.0 Å². The number of rotatable bonds is 14. The highest BCUT2D eigenvalue weighted by Crippen LogP contribution is 2.42. The zero-order valence-corrected chi connectivity index (χ0v) is 72.7. The van der Waals surface area contributed by atoms with E-state index >= 15 is 0 Å². The van der Waals surface area contributed by atoms with E-state index in [1.807, 2.05) is 26.2 Å². The van der Waals surface area contributed by atoms with E-state index in [2.05, 4.69) is 86.0 Å². The molecule has 23 nitrogen and oxygen atoms in total. The van der Waals surface area contributed by atoms with Crippen LogP contribution in [-0.4, -0.2) is 127 Å². The Labute approximate surface area is 618 Å². The summed E-state index contributed by atoms with van der Waals surface area (Å²) in [7, 11) is -12.4. The number of hydrogen-bond acceptors (Lipinski definition) is 26. The fraction of sp³-hybridized carbons (Fsp3) is 0.565. The molecule has 0 aliphatic carbocycles. The Morgan fingerprint density at radius 2 is 0.828 bits per heavy atom. The summed E-state index contributed by atoms with van der Waals surface area (Å²) in [4.78, 5) is 37.8. The molecule has 1 fully saturated rings. The summed E-state index contributed by atoms with van der Waals surface area (Å²) >= 11 is 7.16. The maximum Gasteiger partial charge on any atom is 0.339 e. The predicted molar refractivity (Wildman–Crippen MR) is 409 cm³/mol. The van der Waals surface area contributed by atoms with E-state index in [0.29, 0.717) is 34.9 Å². The standard InChI is InChI=1S/C15H28O3S2Si.C14H28N2O2S2Si.C8H13NO3S2.C7H7ClO4S2.C7H9NO4S2.C7H8O2S.C4H8O/c1-11-12(15(5,6)16)9-13(19-11)20(17,18)10-21(7,8)14(2,3)4;1-10-11(14(5,6)17)9-12(19-10)20(15,18)16-21(7,8)13(2,3)4;1-5-6(8(2,3)10)4-7(13-5)14(9,11)12;2*1-4-5(7(9)12-2)3-6(13-4)14(8,10)11;1-5-6(3-4-10-5)7(8)9-2;1-2-4-5-3-1/h9,16H,10H2,1-8H3;9,17H,1-8H3,(H2,15,16,18);4,10H,1-3H3,(H2,9,11,12);3H,1-2H3;3H,1-2H3,(H2,8,10,11);3-4H,1-2H3;1-4H2. The van der Waals surface area contributed by atoms with Gasteiger partial charge in [0.1, 0.15) is 31.0 Å². The molecular formula is C62H101ClN4O19S11Si2. The van der Waals surface area contributed by atoms with Gasteiger partial charge in [-0.15, -0.1) is 68.0 Å². The number of carbonyl (C=O) groups is 3. The number of halogens is 1. The lowest BCUT2D eigenvalue weighted by molar-refractivity contribution is 0.0591. The van der Waals surface area contributed by atoms with Crippen LogP contribution in [0, 0.1) is 41.5 Å². The van der Waals surface area contributed by atoms with E-state index in [-0.39, 0.29) is 45.2 Å². The lowest BCUT2D eigenvalue weighted by Gasteiger charge is -2.36. The second-order valence-corrected chi connectivity index (χ2v) is 56.7. The molecule has 0 radical (unpaired) electrons. The van der Waals surface area contributed by atoms with Crippen molar-refractivity contribution in [1.29, 1.82) is 0 Å². The Morgan fingerprint density at radius 1 is 0.505 bits per heavy atom. The lowest BCUT2D eigenvalue weighted by Crippen LogP contribution is -2.44. The number of nitrogens with two attached hydrogens (primary N) is 3. The van der Waals surface area contributed by atoms with Crippen molar-refractivity contribution in [3.8, 4) is 0 Å². The fourth-order valence-electron chi connectivity index (χ4n) is 7.92. The van der Waals surface area contributed by atoms with Crippen LogP contribution in [-0.2, 0) is 84.6 Å². The Hall–Kier alpha value is -3.20. The van der Waals surface area contributed by atoms with Crippen LogP contribution in [0.5, 0.6) is 0 Å². The first-order chi connectivity index (χ1) is 44.2. The van der Waals surface area contributed by atoms with E-state index in [9.17, 15) is 67.6 Å². The molecule has 0 amide bonds. The van der Waals surface area contributed by atoms with Crippen molar-refractivity contribution in [3.63, 3.8) is 0 Å². The minimum Gasteiger partial charge on any atom is -0.465 e. The quantitative estimate of drug-likeness (QED) is 0.0255. The number of sulfonamides is 2. The average molecular weight is 1650 g/mol. The van der Waals surface area contributed by atoms with Gasteiger partial charge in [0.25, 0.3) is 9.05 Å². The zero-order chi connectivity index (χ0) is 77.8. The molecule has 1 aliphatic rings. The van der Waals surface area contributed by atoms with E-state index in [4.69, 9.17) is 30.8 Å². The maximum atomic E-state index is 12.9. The largest absolute Gasteiger partial charge is 0.465 e. The Kier molecular flexibility index (Phi) is 34.3. The number of ether oxygens (including phenoxy) is 4. The van der Waals surface area contributed by atoms with Gasteiger partial charge < -0.3 is 34.3 Å². The van der Waals surface area contributed by atoms with Crippen molar-refractivity contribution in [1.82, 2.24) is 0 Å². The maximum absolute atomic E-state index is 12.9. The molecule has 0 bridgehead atoms. The first-order valence-electron chi connectivity index (χ1n) is 30.1. The number of aryl methyl sites for hydroxylation is 6. The number of sulfone groups is 1. The molecule has 0 spiro atoms. The number of esters is 3. The molecule has 99 heavy (non-hydrogen) atoms. The SMILES string of the molecule is C1CCOC1.COC(=O)c1cc(S(=O)(=O)Cl)sc1C.COC(=O)c1cc(S(N)(=O)=O)sc1C.COC(=O)c1ccsc1C.Cc1sc(S(=O)(=O)C[Si](C)(C)C(C)(C)C)cc1C(C)(C)O.Cc1sc(S(N)(=O)=N[Si](C)(C)C(C)(C)C)cc1C(C)(C)O.Cc1sc(S(N)(=O)=O)cc1C(C)(C)O. The molecular weight excluding hydrogens is 1550 g/mol. The second-order valence-electron chi connectivity index (χ2n) is 27.4. The summed E-state index contributed by atoms with van der Waals surface area (Å²) in [6, 6.07) is 9.04. The monoisotopic (exact) mass is 1650 g/mol. The van der Waals surface area contributed by atoms with Crippen LogP contribution in [0.1, 0.15) is 173 Å². The lowest BCUT2D eigenvalue weighted by atomic mass is 10.00. The molecule has 0 aromatic carbocycles. The van der Waals surface area contributed by atoms with E-state index in [0.717, 1.165) is 72.3 Å². The summed E-state index contributed by atoms with van der Waals surface area (Å²) in [5.41, 5.74) is 0.213. The van der Waals surface area contributed by atoms with Crippen LogP contribution in [0.3, 0.4) is 0 Å². The molecule has 0 saturated carbocycles. The molecule has 1 aliphatic heterocycles. The Bertz CT molecular complexity index is 4250. The van der Waals surface area contributed by atoms with Gasteiger partial charge in [-0.05, 0) is 178 Å². The zero-order valence-electron chi connectivity index (χ0n) is 61.0. The summed E-state index contributed by atoms with van der Waals surface area (Å²) < 4.78 is 128. The number of methoxy groups -OCH3 is 3. The number of primary sulfonamides is 2. The number of thiophene rings is 6. The van der Waals surface area contributed by atoms with Crippen LogP contribution in [0.4, 0.5) is 0 Å². The summed E-state index contributed by atoms with van der Waals surface area (Å²) in [6.07, 6.45) is 2.56. The Morgan fingerprint density at radius 3 is 1.10 bits per heavy atom. The van der Waals surface area contributed by atoms with Crippen LogP contribution in [0.25, 0.3) is 0 Å². The molecule has 1 unspecified atom stereocenters. The van der Waals surface area contributed by atoms with E-state index < -0.39 is 93.9 Å². The van der Waals surface area contributed by atoms with Crippen molar-refractivity contribution >= 4 is 162 Å². The third-order valence-corrected chi connectivity index (χ3v) is 44.6. The normalized spacial score (nSPS) is 13.9. The third kappa shape index (κ3) is 29.0. The summed E-state index contributed by atoms with van der Waals surface area (Å²) in [5, 5.41) is 48.1. The minimum absolute atomic E-state index is 0.0135.